The number of morpholine rings is 1. The largest absolute Gasteiger partial charge is 0.506 e. The topological polar surface area (TPSA) is 117 Å². The lowest BCUT2D eigenvalue weighted by atomic mass is 9.82. The van der Waals surface area contributed by atoms with E-state index in [1.807, 2.05) is 0 Å². The summed E-state index contributed by atoms with van der Waals surface area (Å²) < 4.78 is 20.5. The number of amides is 1. The van der Waals surface area contributed by atoms with Gasteiger partial charge in [0.1, 0.15) is 22.8 Å². The summed E-state index contributed by atoms with van der Waals surface area (Å²) in [6.07, 6.45) is 5.45. The molecule has 0 bridgehead atoms. The third-order valence-electron chi connectivity index (χ3n) is 7.74. The van der Waals surface area contributed by atoms with Gasteiger partial charge in [0, 0.05) is 32.4 Å². The number of aliphatic hydroxyl groups excluding tert-OH is 1. The lowest BCUT2D eigenvalue weighted by Crippen LogP contribution is -2.53. The molecule has 202 valence electrons. The molecule has 1 saturated carbocycles. The summed E-state index contributed by atoms with van der Waals surface area (Å²) in [6, 6.07) is 7.46. The number of rotatable bonds is 7. The van der Waals surface area contributed by atoms with E-state index in [1.54, 1.807) is 18.2 Å². The zero-order valence-electron chi connectivity index (χ0n) is 21.3. The van der Waals surface area contributed by atoms with Crippen LogP contribution in [0.5, 0.6) is 5.75 Å². The highest BCUT2D eigenvalue weighted by Crippen LogP contribution is 2.35. The first-order valence-corrected chi connectivity index (χ1v) is 13.2. The van der Waals surface area contributed by atoms with Crippen molar-refractivity contribution in [3.8, 4) is 16.9 Å². The molecule has 1 amide bonds. The number of carbonyl (C=O) groups is 1. The number of nitrogens with one attached hydrogen (secondary N) is 1. The first kappa shape index (κ1) is 26.3. The number of aliphatic hydroxyl groups is 1. The molecule has 0 unspecified atom stereocenters. The van der Waals surface area contributed by atoms with Crippen molar-refractivity contribution in [3.05, 3.63) is 58.3 Å². The Morgan fingerprint density at radius 1 is 1.08 bits per heavy atom. The summed E-state index contributed by atoms with van der Waals surface area (Å²) in [6.45, 7) is 3.20. The van der Waals surface area contributed by atoms with Gasteiger partial charge >= 0.3 is 0 Å². The molecule has 38 heavy (non-hydrogen) atoms. The van der Waals surface area contributed by atoms with Crippen LogP contribution in [0.2, 0.25) is 0 Å². The molecule has 10 heteroatoms. The number of nitrogens with zero attached hydrogens (tertiary/aromatic N) is 3. The number of aromatic nitrogens is 2. The number of benzene rings is 1. The van der Waals surface area contributed by atoms with Gasteiger partial charge in [-0.2, -0.15) is 0 Å². The highest BCUT2D eigenvalue weighted by Gasteiger charge is 2.35. The summed E-state index contributed by atoms with van der Waals surface area (Å²) >= 11 is 0. The van der Waals surface area contributed by atoms with E-state index >= 15 is 0 Å². The van der Waals surface area contributed by atoms with Crippen molar-refractivity contribution in [2.24, 2.45) is 0 Å². The van der Waals surface area contributed by atoms with E-state index in [0.29, 0.717) is 43.7 Å². The van der Waals surface area contributed by atoms with Gasteiger partial charge in [0.05, 0.1) is 30.7 Å². The highest BCUT2D eigenvalue weighted by atomic mass is 19.1. The Morgan fingerprint density at radius 2 is 1.79 bits per heavy atom. The van der Waals surface area contributed by atoms with Gasteiger partial charge in [0.15, 0.2) is 0 Å². The van der Waals surface area contributed by atoms with Crippen molar-refractivity contribution in [2.75, 3.05) is 39.5 Å². The molecule has 9 nitrogen and oxygen atoms in total. The normalized spacial score (nSPS) is 17.9. The quantitative estimate of drug-likeness (QED) is 0.435. The molecule has 2 aromatic heterocycles. The van der Waals surface area contributed by atoms with E-state index in [1.165, 1.54) is 22.9 Å². The maximum atomic E-state index is 13.8. The van der Waals surface area contributed by atoms with Crippen LogP contribution in [0.25, 0.3) is 22.2 Å². The zero-order chi connectivity index (χ0) is 26.7. The molecule has 2 aliphatic rings. The van der Waals surface area contributed by atoms with Gasteiger partial charge in [-0.1, -0.05) is 31.4 Å². The second-order valence-corrected chi connectivity index (χ2v) is 10.2. The summed E-state index contributed by atoms with van der Waals surface area (Å²) in [5.74, 6) is -1.60. The average molecular weight is 525 g/mol. The van der Waals surface area contributed by atoms with Crippen LogP contribution in [-0.2, 0) is 11.3 Å². The summed E-state index contributed by atoms with van der Waals surface area (Å²) in [5.41, 5.74) is -0.484. The predicted molar refractivity (Wildman–Crippen MR) is 141 cm³/mol. The first-order chi connectivity index (χ1) is 18.4. The molecule has 1 aromatic carbocycles. The number of carbonyl (C=O) groups excluding carboxylic acids is 1. The van der Waals surface area contributed by atoms with E-state index in [9.17, 15) is 24.2 Å². The van der Waals surface area contributed by atoms with Crippen LogP contribution < -0.4 is 10.9 Å². The third kappa shape index (κ3) is 5.16. The fraction of sp³-hybridized carbons (Fsp3) is 0.464. The maximum Gasteiger partial charge on any atom is 0.268 e. The molecule has 1 aliphatic heterocycles. The van der Waals surface area contributed by atoms with E-state index in [-0.39, 0.29) is 29.7 Å². The van der Waals surface area contributed by atoms with Crippen LogP contribution in [0.1, 0.15) is 42.5 Å². The van der Waals surface area contributed by atoms with Crippen molar-refractivity contribution in [3.63, 3.8) is 0 Å². The van der Waals surface area contributed by atoms with Crippen LogP contribution in [-0.4, -0.2) is 75.6 Å². The Labute approximate surface area is 219 Å². The second kappa shape index (κ2) is 11.2. The average Bonchev–Trinajstić information content (AvgIpc) is 2.94. The van der Waals surface area contributed by atoms with Crippen molar-refractivity contribution in [1.29, 1.82) is 0 Å². The standard InChI is InChI=1S/C28H33FN4O5/c29-20-6-4-19(5-7-20)21-8-11-30-25-22(21)24(35)23(26(36)31-28(18-34)9-2-1-3-10-28)27(37)33(25)13-12-32-14-16-38-17-15-32/h4-8,11,34-35H,1-3,9-10,12-18H2,(H,31,36). The van der Waals surface area contributed by atoms with E-state index in [4.69, 9.17) is 4.74 Å². The third-order valence-corrected chi connectivity index (χ3v) is 7.74. The van der Waals surface area contributed by atoms with E-state index in [2.05, 4.69) is 15.2 Å². The number of hydrogen-bond donors (Lipinski definition) is 3. The molecule has 0 radical (unpaired) electrons. The van der Waals surface area contributed by atoms with Crippen LogP contribution in [0.3, 0.4) is 0 Å². The van der Waals surface area contributed by atoms with Gasteiger partial charge < -0.3 is 20.3 Å². The molecule has 5 rings (SSSR count). The zero-order valence-corrected chi connectivity index (χ0v) is 21.3. The lowest BCUT2D eigenvalue weighted by molar-refractivity contribution is 0.0364. The molecule has 1 saturated heterocycles. The summed E-state index contributed by atoms with van der Waals surface area (Å²) in [4.78, 5) is 34.0. The van der Waals surface area contributed by atoms with Gasteiger partial charge in [-0.15, -0.1) is 0 Å². The number of fused-ring (bicyclic) bond motifs is 1. The van der Waals surface area contributed by atoms with Gasteiger partial charge in [0.2, 0.25) is 0 Å². The number of halogens is 1. The fourth-order valence-electron chi connectivity index (χ4n) is 5.55. The van der Waals surface area contributed by atoms with Crippen LogP contribution in [0.15, 0.2) is 41.3 Å². The highest BCUT2D eigenvalue weighted by molar-refractivity contribution is 6.06. The Morgan fingerprint density at radius 3 is 2.47 bits per heavy atom. The van der Waals surface area contributed by atoms with Gasteiger partial charge in [-0.05, 0) is 42.2 Å². The minimum atomic E-state index is -0.837. The fourth-order valence-corrected chi connectivity index (χ4v) is 5.55. The van der Waals surface area contributed by atoms with Gasteiger partial charge in [-0.25, -0.2) is 9.37 Å². The maximum absolute atomic E-state index is 13.8. The van der Waals surface area contributed by atoms with E-state index < -0.39 is 28.6 Å². The van der Waals surface area contributed by atoms with Gasteiger partial charge in [0.25, 0.3) is 11.5 Å². The Balaban J connectivity index is 1.64. The van der Waals surface area contributed by atoms with Crippen molar-refractivity contribution < 1.29 is 24.1 Å². The van der Waals surface area contributed by atoms with Crippen LogP contribution in [0.4, 0.5) is 4.39 Å². The minimum Gasteiger partial charge on any atom is -0.506 e. The second-order valence-electron chi connectivity index (χ2n) is 10.2. The smallest absolute Gasteiger partial charge is 0.268 e. The molecule has 3 aromatic rings. The predicted octanol–water partition coefficient (Wildman–Crippen LogP) is 2.67. The Kier molecular flexibility index (Phi) is 7.73. The number of aromatic hydroxyl groups is 1. The molecular weight excluding hydrogens is 491 g/mol. The molecule has 3 heterocycles. The molecule has 2 fully saturated rings. The Bertz CT molecular complexity index is 1360. The van der Waals surface area contributed by atoms with Crippen molar-refractivity contribution >= 4 is 16.9 Å². The lowest BCUT2D eigenvalue weighted by Gasteiger charge is -2.36. The number of ether oxygens (including phenoxy) is 1. The number of hydrogen-bond acceptors (Lipinski definition) is 7. The summed E-state index contributed by atoms with van der Waals surface area (Å²) in [5, 5.41) is 24.7. The SMILES string of the molecule is O=C(NC1(CO)CCCCC1)c1c(O)c2c(-c3ccc(F)cc3)ccnc2n(CCN2CCOCC2)c1=O. The van der Waals surface area contributed by atoms with Crippen LogP contribution in [0, 0.1) is 5.82 Å². The summed E-state index contributed by atoms with van der Waals surface area (Å²) in [7, 11) is 0. The molecule has 0 atom stereocenters. The van der Waals surface area contributed by atoms with Gasteiger partial charge in [-0.3, -0.25) is 19.1 Å². The minimum absolute atomic E-state index is 0.243. The first-order valence-electron chi connectivity index (χ1n) is 13.2. The monoisotopic (exact) mass is 524 g/mol. The van der Waals surface area contributed by atoms with E-state index in [0.717, 1.165) is 32.4 Å². The molecule has 0 spiro atoms. The van der Waals surface area contributed by atoms with Crippen molar-refractivity contribution in [1.82, 2.24) is 19.8 Å². The molecule has 3 N–H and O–H groups in total. The Hall–Kier alpha value is -3.34. The van der Waals surface area contributed by atoms with Crippen LogP contribution >= 0.6 is 0 Å². The molecular formula is C28H33FN4O5. The number of pyridine rings is 2. The molecule has 1 aliphatic carbocycles. The van der Waals surface area contributed by atoms with Crippen molar-refractivity contribution in [2.45, 2.75) is 44.2 Å².